The highest BCUT2D eigenvalue weighted by Gasteiger charge is 2.23. The van der Waals surface area contributed by atoms with Crippen LogP contribution in [0, 0.1) is 0 Å². The molecule has 0 saturated heterocycles. The van der Waals surface area contributed by atoms with Crippen molar-refractivity contribution < 1.29 is 10.1 Å². The molecule has 1 aromatic carbocycles. The molecule has 3 heteroatoms. The first kappa shape index (κ1) is 7.16. The first-order valence-electron chi connectivity index (χ1n) is 4.02. The highest BCUT2D eigenvalue weighted by Crippen LogP contribution is 2.05. The van der Waals surface area contributed by atoms with Crippen LogP contribution in [0.3, 0.4) is 0 Å². The topological polar surface area (TPSA) is 35.3 Å². The Hall–Kier alpha value is -1.51. The van der Waals surface area contributed by atoms with Crippen LogP contribution in [0.5, 0.6) is 0 Å². The van der Waals surface area contributed by atoms with Gasteiger partial charge < -0.3 is 0 Å². The van der Waals surface area contributed by atoms with Crippen molar-refractivity contribution in [2.75, 3.05) is 6.54 Å². The number of nitrogens with one attached hydrogen (secondary N) is 1. The van der Waals surface area contributed by atoms with Gasteiger partial charge in [-0.3, -0.25) is 5.21 Å². The summed E-state index contributed by atoms with van der Waals surface area (Å²) >= 11 is 0. The van der Waals surface area contributed by atoms with Gasteiger partial charge in [-0.1, -0.05) is 18.2 Å². The van der Waals surface area contributed by atoms with Crippen molar-refractivity contribution in [2.24, 2.45) is 0 Å². The molecule has 1 aliphatic heterocycles. The van der Waals surface area contributed by atoms with Gasteiger partial charge in [0.1, 0.15) is 0 Å². The average Bonchev–Trinajstić information content (AvgIpc) is 2.53. The van der Waals surface area contributed by atoms with Crippen molar-refractivity contribution in [2.45, 2.75) is 6.42 Å². The van der Waals surface area contributed by atoms with Crippen LogP contribution in [0.1, 0.15) is 12.0 Å². The molecule has 0 amide bonds. The summed E-state index contributed by atoms with van der Waals surface area (Å²) in [7, 11) is 0. The molecule has 0 spiro atoms. The Balaban J connectivity index is 2.37. The van der Waals surface area contributed by atoms with E-state index in [0.29, 0.717) is 0 Å². The summed E-state index contributed by atoms with van der Waals surface area (Å²) in [6.07, 6.45) is 0.876. The number of benzene rings is 1. The molecule has 0 unspecified atom stereocenters. The molecule has 0 bridgehead atoms. The van der Waals surface area contributed by atoms with Crippen LogP contribution in [0.4, 0.5) is 0 Å². The third-order valence-electron chi connectivity index (χ3n) is 1.99. The molecular weight excluding hydrogens is 152 g/mol. The van der Waals surface area contributed by atoms with Crippen LogP contribution in [-0.4, -0.2) is 22.3 Å². The maximum atomic E-state index is 9.33. The summed E-state index contributed by atoms with van der Waals surface area (Å²) in [5, 5.41) is 9.33. The fraction of sp³-hybridized carbons (Fsp3) is 0.222. The molecule has 0 radical (unpaired) electrons. The van der Waals surface area contributed by atoms with E-state index in [0.717, 1.165) is 29.1 Å². The van der Waals surface area contributed by atoms with E-state index in [1.807, 2.05) is 30.3 Å². The number of hydrazine groups is 1. The second-order valence-electron chi connectivity index (χ2n) is 2.78. The molecule has 0 saturated carbocycles. The number of hydrogen-bond donors (Lipinski definition) is 2. The van der Waals surface area contributed by atoms with Crippen molar-refractivity contribution in [1.29, 1.82) is 0 Å². The van der Waals surface area contributed by atoms with E-state index in [-0.39, 0.29) is 0 Å². The van der Waals surface area contributed by atoms with Crippen molar-refractivity contribution >= 4 is 5.71 Å². The van der Waals surface area contributed by atoms with Crippen LogP contribution in [-0.2, 0) is 0 Å². The van der Waals surface area contributed by atoms with Crippen LogP contribution in [0.15, 0.2) is 30.3 Å². The molecule has 1 aromatic rings. The van der Waals surface area contributed by atoms with Crippen LogP contribution in [0.2, 0.25) is 0 Å². The molecule has 0 aliphatic carbocycles. The Bertz CT molecular complexity index is 306. The predicted molar refractivity (Wildman–Crippen MR) is 45.2 cm³/mol. The lowest BCUT2D eigenvalue weighted by Crippen LogP contribution is -2.22. The van der Waals surface area contributed by atoms with E-state index in [2.05, 4.69) is 5.43 Å². The van der Waals surface area contributed by atoms with Crippen LogP contribution in [0.25, 0.3) is 0 Å². The van der Waals surface area contributed by atoms with Crippen LogP contribution < -0.4 is 5.43 Å². The van der Waals surface area contributed by atoms with Gasteiger partial charge in [0, 0.05) is 5.56 Å². The number of hydrazone groups is 1. The van der Waals surface area contributed by atoms with Gasteiger partial charge in [0.15, 0.2) is 0 Å². The minimum atomic E-state index is 0.806. The smallest absolute Gasteiger partial charge is 0.261 e. The zero-order chi connectivity index (χ0) is 8.39. The summed E-state index contributed by atoms with van der Waals surface area (Å²) in [4.78, 5) is 1.11. The van der Waals surface area contributed by atoms with Gasteiger partial charge in [-0.05, 0) is 12.1 Å². The largest absolute Gasteiger partial charge is 0.272 e. The van der Waals surface area contributed by atoms with E-state index < -0.39 is 0 Å². The third-order valence-corrected chi connectivity index (χ3v) is 1.99. The van der Waals surface area contributed by atoms with Gasteiger partial charge in [0.25, 0.3) is 5.71 Å². The molecule has 1 heterocycles. The number of hydrogen-bond acceptors (Lipinski definition) is 2. The highest BCUT2D eigenvalue weighted by atomic mass is 16.5. The van der Waals surface area contributed by atoms with Crippen molar-refractivity contribution in [3.63, 3.8) is 0 Å². The monoisotopic (exact) mass is 163 g/mol. The molecule has 0 atom stereocenters. The van der Waals surface area contributed by atoms with Crippen LogP contribution >= 0.6 is 0 Å². The van der Waals surface area contributed by atoms with Gasteiger partial charge >= 0.3 is 0 Å². The lowest BCUT2D eigenvalue weighted by Gasteiger charge is -1.91. The molecular formula is C9H11N2O+. The molecule has 2 N–H and O–H groups in total. The van der Waals surface area contributed by atoms with Gasteiger partial charge in [-0.2, -0.15) is 5.43 Å². The summed E-state index contributed by atoms with van der Waals surface area (Å²) < 4.78 is 0. The van der Waals surface area contributed by atoms with E-state index in [1.165, 1.54) is 0 Å². The first-order chi connectivity index (χ1) is 5.88. The van der Waals surface area contributed by atoms with Gasteiger partial charge in [-0.25, -0.2) is 0 Å². The predicted octanol–water partition coefficient (Wildman–Crippen LogP) is 0.786. The standard InChI is InChI=1S/C9H11N2O/c12-11-9(6-7-10-11)8-4-2-1-3-5-8/h1-5,10,12H,6-7H2/q+1. The van der Waals surface area contributed by atoms with Gasteiger partial charge in [0.05, 0.1) is 17.8 Å². The quantitative estimate of drug-likeness (QED) is 0.474. The molecule has 0 aromatic heterocycles. The lowest BCUT2D eigenvalue weighted by molar-refractivity contribution is -0.811. The second kappa shape index (κ2) is 2.85. The minimum absolute atomic E-state index is 0.806. The van der Waals surface area contributed by atoms with Crippen molar-refractivity contribution in [3.05, 3.63) is 35.9 Å². The Labute approximate surface area is 70.9 Å². The Kier molecular flexibility index (Phi) is 1.70. The summed E-state index contributed by atoms with van der Waals surface area (Å²) in [5.41, 5.74) is 4.83. The van der Waals surface area contributed by atoms with E-state index in [9.17, 15) is 5.21 Å². The molecule has 0 fully saturated rings. The Morgan fingerprint density at radius 3 is 2.58 bits per heavy atom. The van der Waals surface area contributed by atoms with Crippen molar-refractivity contribution in [1.82, 2.24) is 5.43 Å². The van der Waals surface area contributed by atoms with E-state index in [4.69, 9.17) is 0 Å². The fourth-order valence-corrected chi connectivity index (χ4v) is 1.38. The first-order valence-corrected chi connectivity index (χ1v) is 4.02. The number of rotatable bonds is 1. The third kappa shape index (κ3) is 1.13. The highest BCUT2D eigenvalue weighted by molar-refractivity contribution is 5.97. The zero-order valence-corrected chi connectivity index (χ0v) is 6.70. The molecule has 12 heavy (non-hydrogen) atoms. The Morgan fingerprint density at radius 2 is 2.00 bits per heavy atom. The second-order valence-corrected chi connectivity index (χ2v) is 2.78. The number of nitrogens with zero attached hydrogens (tertiary/aromatic N) is 1. The van der Waals surface area contributed by atoms with Gasteiger partial charge in [-0.15, -0.1) is 0 Å². The SMILES string of the molecule is O[N+]1=C(c2ccccc2)CCN1. The normalized spacial score (nSPS) is 16.3. The summed E-state index contributed by atoms with van der Waals surface area (Å²) in [6.45, 7) is 0.806. The maximum Gasteiger partial charge on any atom is 0.272 e. The van der Waals surface area contributed by atoms with E-state index >= 15 is 0 Å². The zero-order valence-electron chi connectivity index (χ0n) is 6.70. The molecule has 62 valence electrons. The lowest BCUT2D eigenvalue weighted by atomic mass is 10.1. The molecule has 3 nitrogen and oxygen atoms in total. The average molecular weight is 163 g/mol. The molecule has 2 rings (SSSR count). The Morgan fingerprint density at radius 1 is 1.25 bits per heavy atom. The van der Waals surface area contributed by atoms with E-state index in [1.54, 1.807) is 0 Å². The van der Waals surface area contributed by atoms with Gasteiger partial charge in [0.2, 0.25) is 0 Å². The summed E-state index contributed by atoms with van der Waals surface area (Å²) in [5.74, 6) is 0. The minimum Gasteiger partial charge on any atom is -0.261 e. The fourth-order valence-electron chi connectivity index (χ4n) is 1.38. The summed E-state index contributed by atoms with van der Waals surface area (Å²) in [6, 6.07) is 9.88. The molecule has 1 aliphatic rings. The maximum absolute atomic E-state index is 9.33. The van der Waals surface area contributed by atoms with Crippen molar-refractivity contribution in [3.8, 4) is 0 Å².